The summed E-state index contributed by atoms with van der Waals surface area (Å²) in [5.74, 6) is 0.0954. The summed E-state index contributed by atoms with van der Waals surface area (Å²) in [7, 11) is -3.39. The van der Waals surface area contributed by atoms with Crippen LogP contribution < -0.4 is 4.72 Å². The number of hydrogen-bond donors (Lipinski definition) is 1. The fraction of sp³-hybridized carbons (Fsp3) is 0.421. The first-order chi connectivity index (χ1) is 13.0. The van der Waals surface area contributed by atoms with E-state index in [0.29, 0.717) is 25.3 Å². The van der Waals surface area contributed by atoms with Crippen molar-refractivity contribution in [2.45, 2.75) is 25.0 Å². The quantitative estimate of drug-likeness (QED) is 0.774. The maximum atomic E-state index is 12.5. The molecule has 1 aromatic heterocycles. The molecule has 1 aromatic carbocycles. The number of likely N-dealkylation sites (tertiary alicyclic amines) is 1. The summed E-state index contributed by atoms with van der Waals surface area (Å²) < 4.78 is 27.3. The Morgan fingerprint density at radius 1 is 1.22 bits per heavy atom. The second-order valence-corrected chi connectivity index (χ2v) is 8.62. The fourth-order valence-electron chi connectivity index (χ4n) is 3.24. The number of aromatic nitrogens is 2. The average molecular weight is 388 g/mol. The Morgan fingerprint density at radius 3 is 2.78 bits per heavy atom. The van der Waals surface area contributed by atoms with Gasteiger partial charge in [0.05, 0.1) is 17.9 Å². The highest BCUT2D eigenvalue weighted by atomic mass is 32.2. The molecule has 2 heterocycles. The zero-order valence-corrected chi connectivity index (χ0v) is 15.9. The van der Waals surface area contributed by atoms with Crippen molar-refractivity contribution >= 4 is 15.9 Å². The monoisotopic (exact) mass is 388 g/mol. The number of carbonyl (C=O) groups excluding carboxylic acids is 1. The van der Waals surface area contributed by atoms with Crippen LogP contribution in [0.4, 0.5) is 0 Å². The third-order valence-corrected chi connectivity index (χ3v) is 5.93. The first-order valence-electron chi connectivity index (χ1n) is 9.06. The summed E-state index contributed by atoms with van der Waals surface area (Å²) >= 11 is 0. The van der Waals surface area contributed by atoms with Crippen molar-refractivity contribution < 1.29 is 13.2 Å². The number of nitrogens with zero attached hydrogens (tertiary/aromatic N) is 3. The van der Waals surface area contributed by atoms with Gasteiger partial charge in [-0.15, -0.1) is 0 Å². The van der Waals surface area contributed by atoms with Gasteiger partial charge < -0.3 is 4.90 Å². The molecular weight excluding hydrogens is 364 g/mol. The minimum absolute atomic E-state index is 0.00680. The van der Waals surface area contributed by atoms with Gasteiger partial charge >= 0.3 is 0 Å². The van der Waals surface area contributed by atoms with Gasteiger partial charge in [0.2, 0.25) is 15.9 Å². The molecule has 1 N–H and O–H groups in total. The van der Waals surface area contributed by atoms with Gasteiger partial charge in [-0.05, 0) is 24.3 Å². The van der Waals surface area contributed by atoms with Gasteiger partial charge in [0.1, 0.15) is 0 Å². The molecule has 1 atom stereocenters. The molecule has 1 fully saturated rings. The highest BCUT2D eigenvalue weighted by Gasteiger charge is 2.25. The molecule has 3 rings (SSSR count). The smallest absolute Gasteiger partial charge is 0.228 e. The molecule has 2 aromatic rings. The Balaban J connectivity index is 1.50. The normalized spacial score (nSPS) is 17.6. The Labute approximate surface area is 159 Å². The standard InChI is InChI=1S/C19H24N4O3S/c24-19(11-18-13-20-8-9-21-18)23-10-4-7-17(14-23)12-22-27(25,26)15-16-5-2-1-3-6-16/h1-3,5-6,8-9,13,17,22H,4,7,10-12,14-15H2/t17-/m1/s1. The highest BCUT2D eigenvalue weighted by molar-refractivity contribution is 7.88. The SMILES string of the molecule is O=C(Cc1cnccn1)N1CCC[C@H](CNS(=O)(=O)Cc2ccccc2)C1. The van der Waals surface area contributed by atoms with Crippen LogP contribution >= 0.6 is 0 Å². The van der Waals surface area contributed by atoms with E-state index < -0.39 is 10.0 Å². The van der Waals surface area contributed by atoms with Gasteiger partial charge in [-0.2, -0.15) is 0 Å². The number of nitrogens with one attached hydrogen (secondary N) is 1. The van der Waals surface area contributed by atoms with E-state index in [4.69, 9.17) is 0 Å². The van der Waals surface area contributed by atoms with Crippen LogP contribution in [0.3, 0.4) is 0 Å². The van der Waals surface area contributed by atoms with Crippen LogP contribution in [0.15, 0.2) is 48.9 Å². The predicted molar refractivity (Wildman–Crippen MR) is 102 cm³/mol. The largest absolute Gasteiger partial charge is 0.342 e. The van der Waals surface area contributed by atoms with Crippen molar-refractivity contribution in [2.75, 3.05) is 19.6 Å². The molecule has 27 heavy (non-hydrogen) atoms. The van der Waals surface area contributed by atoms with Crippen LogP contribution in [0.25, 0.3) is 0 Å². The van der Waals surface area contributed by atoms with E-state index in [0.717, 1.165) is 18.4 Å². The Kier molecular flexibility index (Phi) is 6.52. The molecular formula is C19H24N4O3S. The van der Waals surface area contributed by atoms with Crippen molar-refractivity contribution in [1.29, 1.82) is 0 Å². The Bertz CT molecular complexity index is 844. The molecule has 0 radical (unpaired) electrons. The Morgan fingerprint density at radius 2 is 2.04 bits per heavy atom. The van der Waals surface area contributed by atoms with Gasteiger partial charge in [0.15, 0.2) is 0 Å². The van der Waals surface area contributed by atoms with E-state index in [2.05, 4.69) is 14.7 Å². The van der Waals surface area contributed by atoms with Crippen molar-refractivity contribution in [2.24, 2.45) is 5.92 Å². The maximum Gasteiger partial charge on any atom is 0.228 e. The summed E-state index contributed by atoms with van der Waals surface area (Å²) in [5, 5.41) is 0. The van der Waals surface area contributed by atoms with Crippen LogP contribution in [0.1, 0.15) is 24.1 Å². The second kappa shape index (κ2) is 9.05. The number of benzene rings is 1. The van der Waals surface area contributed by atoms with Crippen molar-refractivity contribution in [3.8, 4) is 0 Å². The molecule has 0 aliphatic carbocycles. The molecule has 0 bridgehead atoms. The van der Waals surface area contributed by atoms with Crippen molar-refractivity contribution in [3.05, 3.63) is 60.2 Å². The molecule has 1 aliphatic heterocycles. The molecule has 1 amide bonds. The summed E-state index contributed by atoms with van der Waals surface area (Å²) in [4.78, 5) is 22.4. The second-order valence-electron chi connectivity index (χ2n) is 6.81. The lowest BCUT2D eigenvalue weighted by atomic mass is 9.98. The lowest BCUT2D eigenvalue weighted by Crippen LogP contribution is -2.44. The summed E-state index contributed by atoms with van der Waals surface area (Å²) in [6, 6.07) is 9.11. The van der Waals surface area contributed by atoms with Gasteiger partial charge in [-0.25, -0.2) is 13.1 Å². The van der Waals surface area contributed by atoms with E-state index in [1.54, 1.807) is 35.6 Å². The predicted octanol–water partition coefficient (Wildman–Crippen LogP) is 1.38. The van der Waals surface area contributed by atoms with E-state index >= 15 is 0 Å². The first kappa shape index (κ1) is 19.4. The Hall–Kier alpha value is -2.32. The topological polar surface area (TPSA) is 92.3 Å². The molecule has 7 nitrogen and oxygen atoms in total. The van der Waals surface area contributed by atoms with Crippen LogP contribution in [0, 0.1) is 5.92 Å². The van der Waals surface area contributed by atoms with Crippen LogP contribution in [0.5, 0.6) is 0 Å². The third kappa shape index (κ3) is 6.11. The van der Waals surface area contributed by atoms with Gasteiger partial charge in [-0.1, -0.05) is 30.3 Å². The summed E-state index contributed by atoms with van der Waals surface area (Å²) in [6.07, 6.45) is 6.74. The fourth-order valence-corrected chi connectivity index (χ4v) is 4.46. The molecule has 0 spiro atoms. The van der Waals surface area contributed by atoms with Gasteiger partial charge in [0, 0.05) is 38.2 Å². The van der Waals surface area contributed by atoms with E-state index in [1.807, 2.05) is 18.2 Å². The van der Waals surface area contributed by atoms with E-state index in [1.165, 1.54) is 0 Å². The first-order valence-corrected chi connectivity index (χ1v) is 10.7. The van der Waals surface area contributed by atoms with Gasteiger partial charge in [-0.3, -0.25) is 14.8 Å². The maximum absolute atomic E-state index is 12.5. The van der Waals surface area contributed by atoms with Crippen molar-refractivity contribution in [3.63, 3.8) is 0 Å². The minimum Gasteiger partial charge on any atom is -0.342 e. The van der Waals surface area contributed by atoms with E-state index in [-0.39, 0.29) is 24.0 Å². The van der Waals surface area contributed by atoms with Crippen LogP contribution in [-0.4, -0.2) is 48.8 Å². The zero-order valence-electron chi connectivity index (χ0n) is 15.1. The highest BCUT2D eigenvalue weighted by Crippen LogP contribution is 2.17. The number of amides is 1. The number of carbonyl (C=O) groups is 1. The minimum atomic E-state index is -3.39. The molecule has 8 heteroatoms. The number of piperidine rings is 1. The van der Waals surface area contributed by atoms with Crippen LogP contribution in [-0.2, 0) is 27.0 Å². The van der Waals surface area contributed by atoms with Gasteiger partial charge in [0.25, 0.3) is 0 Å². The lowest BCUT2D eigenvalue weighted by molar-refractivity contribution is -0.132. The van der Waals surface area contributed by atoms with Crippen LogP contribution in [0.2, 0.25) is 0 Å². The summed E-state index contributed by atoms with van der Waals surface area (Å²) in [5.41, 5.74) is 1.41. The van der Waals surface area contributed by atoms with Crippen molar-refractivity contribution in [1.82, 2.24) is 19.6 Å². The van der Waals surface area contributed by atoms with E-state index in [9.17, 15) is 13.2 Å². The lowest BCUT2D eigenvalue weighted by Gasteiger charge is -2.32. The average Bonchev–Trinajstić information content (AvgIpc) is 2.68. The molecule has 144 valence electrons. The number of hydrogen-bond acceptors (Lipinski definition) is 5. The molecule has 0 unspecified atom stereocenters. The zero-order chi connectivity index (χ0) is 19.1. The molecule has 0 saturated carbocycles. The number of sulfonamides is 1. The molecule has 1 saturated heterocycles. The number of rotatable bonds is 7. The summed E-state index contributed by atoms with van der Waals surface area (Å²) in [6.45, 7) is 1.61. The third-order valence-electron chi connectivity index (χ3n) is 4.61. The molecule has 1 aliphatic rings.